The third kappa shape index (κ3) is 10.4. The topological polar surface area (TPSA) is 114 Å². The summed E-state index contributed by atoms with van der Waals surface area (Å²) in [5, 5.41) is 5.56. The molecule has 0 radical (unpaired) electrons. The minimum Gasteiger partial charge on any atom is -0.489 e. The average Bonchev–Trinajstić information content (AvgIpc) is 2.88. The number of rotatable bonds is 0. The number of anilines is 2. The summed E-state index contributed by atoms with van der Waals surface area (Å²) in [6.07, 6.45) is 3.44. The van der Waals surface area contributed by atoms with Crippen molar-refractivity contribution in [3.63, 3.8) is 0 Å². The van der Waals surface area contributed by atoms with E-state index in [0.29, 0.717) is 62.5 Å². The zero-order valence-electron chi connectivity index (χ0n) is 20.1. The summed E-state index contributed by atoms with van der Waals surface area (Å²) in [6, 6.07) is 14.3. The first kappa shape index (κ1) is 27.2. The number of fused-ring (bicyclic) bond motifs is 2. The van der Waals surface area contributed by atoms with Crippen molar-refractivity contribution in [2.75, 3.05) is 76.7 Å². The summed E-state index contributed by atoms with van der Waals surface area (Å²) in [5.74, 6) is 0.495. The minimum atomic E-state index is -0.300. The summed E-state index contributed by atoms with van der Waals surface area (Å²) in [7, 11) is 0. The van der Waals surface area contributed by atoms with Gasteiger partial charge in [0.25, 0.3) is 0 Å². The van der Waals surface area contributed by atoms with Gasteiger partial charge in [0.1, 0.15) is 37.9 Å². The van der Waals surface area contributed by atoms with Crippen molar-refractivity contribution in [2.45, 2.75) is 0 Å². The molecular formula is C26H32N2O8. The third-order valence-corrected chi connectivity index (χ3v) is 4.73. The molecule has 0 spiro atoms. The van der Waals surface area contributed by atoms with Crippen molar-refractivity contribution in [1.82, 2.24) is 0 Å². The van der Waals surface area contributed by atoms with E-state index in [9.17, 15) is 9.59 Å². The fourth-order valence-electron chi connectivity index (χ4n) is 3.08. The molecule has 2 aromatic carbocycles. The van der Waals surface area contributed by atoms with Gasteiger partial charge in [-0.1, -0.05) is 36.4 Å². The minimum absolute atomic E-state index is 0.119. The first-order chi connectivity index (χ1) is 17.7. The molecular weight excluding hydrogens is 468 g/mol. The number of nitrogens with one attached hydrogen (secondary N) is 2. The van der Waals surface area contributed by atoms with Crippen LogP contribution in [0.5, 0.6) is 11.5 Å². The van der Waals surface area contributed by atoms with Gasteiger partial charge in [-0.2, -0.15) is 0 Å². The fraction of sp³-hybridized carbons (Fsp3) is 0.385. The highest BCUT2D eigenvalue weighted by atomic mass is 16.6. The van der Waals surface area contributed by atoms with Crippen LogP contribution >= 0.6 is 0 Å². The number of hydrogen-bond acceptors (Lipinski definition) is 8. The first-order valence-electron chi connectivity index (χ1n) is 11.7. The van der Waals surface area contributed by atoms with Crippen LogP contribution in [-0.4, -0.2) is 77.9 Å². The molecule has 2 N–H and O–H groups in total. The van der Waals surface area contributed by atoms with Crippen LogP contribution in [0, 0.1) is 0 Å². The lowest BCUT2D eigenvalue weighted by Gasteiger charge is -2.13. The maximum absolute atomic E-state index is 12.2. The number of hydrogen-bond donors (Lipinski definition) is 2. The highest BCUT2D eigenvalue weighted by Gasteiger charge is 2.09. The molecule has 0 aromatic heterocycles. The van der Waals surface area contributed by atoms with E-state index in [1.54, 1.807) is 36.4 Å². The number of ether oxygens (including phenoxy) is 6. The van der Waals surface area contributed by atoms with E-state index < -0.39 is 0 Å². The second kappa shape index (κ2) is 16.3. The Morgan fingerprint density at radius 2 is 0.944 bits per heavy atom. The molecule has 0 aliphatic carbocycles. The molecule has 36 heavy (non-hydrogen) atoms. The number of para-hydroxylation sites is 4. The molecule has 3 rings (SSSR count). The first-order valence-corrected chi connectivity index (χ1v) is 11.7. The Morgan fingerprint density at radius 1 is 0.528 bits per heavy atom. The van der Waals surface area contributed by atoms with Crippen LogP contribution in [0.15, 0.2) is 60.7 Å². The molecule has 0 unspecified atom stereocenters. The van der Waals surface area contributed by atoms with E-state index in [2.05, 4.69) is 10.6 Å². The Kier molecular flexibility index (Phi) is 12.3. The summed E-state index contributed by atoms with van der Waals surface area (Å²) < 4.78 is 33.3. The van der Waals surface area contributed by atoms with Crippen LogP contribution < -0.4 is 20.1 Å². The molecule has 194 valence electrons. The Labute approximate surface area is 210 Å². The maximum Gasteiger partial charge on any atom is 0.250 e. The second-order valence-corrected chi connectivity index (χ2v) is 7.51. The molecule has 2 amide bonds. The molecule has 1 aliphatic heterocycles. The number of amides is 2. The van der Waals surface area contributed by atoms with Gasteiger partial charge in [0.05, 0.1) is 51.0 Å². The molecule has 2 aromatic rings. The zero-order valence-corrected chi connectivity index (χ0v) is 20.1. The summed E-state index contributed by atoms with van der Waals surface area (Å²) in [6.45, 7) is 2.41. The third-order valence-electron chi connectivity index (χ3n) is 4.73. The maximum atomic E-state index is 12.2. The van der Waals surface area contributed by atoms with Gasteiger partial charge in [0.15, 0.2) is 0 Å². The van der Waals surface area contributed by atoms with Crippen LogP contribution in [0.25, 0.3) is 0 Å². The van der Waals surface area contributed by atoms with E-state index in [1.807, 2.05) is 24.3 Å². The van der Waals surface area contributed by atoms with E-state index >= 15 is 0 Å². The molecule has 0 bridgehead atoms. The van der Waals surface area contributed by atoms with Gasteiger partial charge >= 0.3 is 0 Å². The standard InChI is InChI=1S/C26H32N2O8/c29-25-19-33-11-5-6-12-34-20-26(30)28-22-8-2-4-10-24(22)36-18-16-32-14-13-31-15-17-35-23-9-3-1-7-21(23)27-25/h1-10H,11-20H2,(H,27,29)(H,28,30)/b6-5-. The Hall–Kier alpha value is -3.44. The lowest BCUT2D eigenvalue weighted by molar-refractivity contribution is -0.121. The SMILES string of the molecule is O=C1COC/C=C\COCC(=O)Nc2ccccc2OCCOCCOCCOc2ccccc2N1. The second-order valence-electron chi connectivity index (χ2n) is 7.51. The number of benzene rings is 2. The quantitative estimate of drug-likeness (QED) is 0.531. The Bertz CT molecular complexity index is 904. The molecule has 0 fully saturated rings. The highest BCUT2D eigenvalue weighted by Crippen LogP contribution is 2.24. The van der Waals surface area contributed by atoms with Gasteiger partial charge in [0.2, 0.25) is 11.8 Å². The van der Waals surface area contributed by atoms with Crippen molar-refractivity contribution in [3.8, 4) is 11.5 Å². The van der Waals surface area contributed by atoms with Crippen LogP contribution in [0.4, 0.5) is 11.4 Å². The lowest BCUT2D eigenvalue weighted by Crippen LogP contribution is -2.20. The molecule has 1 heterocycles. The smallest absolute Gasteiger partial charge is 0.250 e. The number of carbonyl (C=O) groups is 2. The van der Waals surface area contributed by atoms with Gasteiger partial charge in [-0.15, -0.1) is 0 Å². The van der Waals surface area contributed by atoms with E-state index in [-0.39, 0.29) is 38.2 Å². The van der Waals surface area contributed by atoms with Crippen molar-refractivity contribution >= 4 is 23.2 Å². The van der Waals surface area contributed by atoms with Gasteiger partial charge in [-0.25, -0.2) is 0 Å². The van der Waals surface area contributed by atoms with Crippen molar-refractivity contribution in [3.05, 3.63) is 60.7 Å². The number of carbonyl (C=O) groups excluding carboxylic acids is 2. The van der Waals surface area contributed by atoms with Crippen molar-refractivity contribution in [1.29, 1.82) is 0 Å². The molecule has 0 saturated carbocycles. The molecule has 0 atom stereocenters. The van der Waals surface area contributed by atoms with Crippen LogP contribution in [-0.2, 0) is 28.5 Å². The van der Waals surface area contributed by atoms with E-state index in [4.69, 9.17) is 28.4 Å². The van der Waals surface area contributed by atoms with Gasteiger partial charge in [-0.05, 0) is 24.3 Å². The predicted molar refractivity (Wildman–Crippen MR) is 134 cm³/mol. The Balaban J connectivity index is 1.52. The molecule has 10 nitrogen and oxygen atoms in total. The van der Waals surface area contributed by atoms with Gasteiger partial charge in [-0.3, -0.25) is 9.59 Å². The van der Waals surface area contributed by atoms with Crippen molar-refractivity contribution in [2.24, 2.45) is 0 Å². The monoisotopic (exact) mass is 500 g/mol. The highest BCUT2D eigenvalue weighted by molar-refractivity contribution is 5.93. The van der Waals surface area contributed by atoms with E-state index in [0.717, 1.165) is 0 Å². The van der Waals surface area contributed by atoms with Gasteiger partial charge < -0.3 is 39.1 Å². The summed E-state index contributed by atoms with van der Waals surface area (Å²) in [5.41, 5.74) is 1.11. The Morgan fingerprint density at radius 3 is 1.42 bits per heavy atom. The van der Waals surface area contributed by atoms with Crippen LogP contribution in [0.3, 0.4) is 0 Å². The fourth-order valence-corrected chi connectivity index (χ4v) is 3.08. The summed E-state index contributed by atoms with van der Waals surface area (Å²) >= 11 is 0. The zero-order chi connectivity index (χ0) is 25.3. The van der Waals surface area contributed by atoms with Gasteiger partial charge in [0, 0.05) is 0 Å². The van der Waals surface area contributed by atoms with Crippen molar-refractivity contribution < 1.29 is 38.0 Å². The molecule has 0 saturated heterocycles. The molecule has 10 heteroatoms. The molecule has 1 aliphatic rings. The average molecular weight is 501 g/mol. The largest absolute Gasteiger partial charge is 0.489 e. The van der Waals surface area contributed by atoms with Crippen LogP contribution in [0.1, 0.15) is 0 Å². The lowest BCUT2D eigenvalue weighted by atomic mass is 10.3. The van der Waals surface area contributed by atoms with Crippen LogP contribution in [0.2, 0.25) is 0 Å². The summed E-state index contributed by atoms with van der Waals surface area (Å²) in [4.78, 5) is 24.4. The normalized spacial score (nSPS) is 18.8. The predicted octanol–water partition coefficient (Wildman–Crippen LogP) is 2.66. The van der Waals surface area contributed by atoms with E-state index in [1.165, 1.54) is 0 Å².